The molecule has 1 N–H and O–H groups in total. The minimum atomic E-state index is -0.285. The van der Waals surface area contributed by atoms with E-state index in [0.717, 1.165) is 12.1 Å². The molecule has 3 heteroatoms. The molecule has 0 aliphatic heterocycles. The van der Waals surface area contributed by atoms with Crippen molar-refractivity contribution in [2.45, 2.75) is 31.8 Å². The van der Waals surface area contributed by atoms with E-state index in [4.69, 9.17) is 5.11 Å². The molecule has 2 rings (SSSR count). The topological polar surface area (TPSA) is 23.5 Å². The molecule has 1 fully saturated rings. The van der Waals surface area contributed by atoms with Crippen LogP contribution in [0.4, 0.5) is 4.39 Å². The average Bonchev–Trinajstić information content (AvgIpc) is 2.27. The fourth-order valence-corrected chi connectivity index (χ4v) is 2.16. The van der Waals surface area contributed by atoms with E-state index in [1.54, 1.807) is 6.07 Å². The van der Waals surface area contributed by atoms with Gasteiger partial charge in [-0.1, -0.05) is 24.3 Å². The van der Waals surface area contributed by atoms with Gasteiger partial charge in [-0.25, -0.2) is 4.39 Å². The van der Waals surface area contributed by atoms with Gasteiger partial charge in [-0.2, -0.15) is 0 Å². The highest BCUT2D eigenvalue weighted by molar-refractivity contribution is 5.41. The van der Waals surface area contributed by atoms with Crippen LogP contribution in [-0.2, 0) is 6.54 Å². The highest BCUT2D eigenvalue weighted by Crippen LogP contribution is 2.25. The Morgan fingerprint density at radius 1 is 1.44 bits per heavy atom. The summed E-state index contributed by atoms with van der Waals surface area (Å²) in [6.07, 6.45) is 3.79. The van der Waals surface area contributed by atoms with Gasteiger partial charge in [-0.15, -0.1) is 0 Å². The van der Waals surface area contributed by atoms with Gasteiger partial charge in [0.1, 0.15) is 12.4 Å². The molecule has 0 aromatic heterocycles. The summed E-state index contributed by atoms with van der Waals surface area (Å²) in [6, 6.07) is 5.33. The van der Waals surface area contributed by atoms with E-state index in [9.17, 15) is 4.39 Å². The van der Waals surface area contributed by atoms with Crippen LogP contribution in [0, 0.1) is 17.7 Å². The number of nitrogens with zero attached hydrogens (tertiary/aromatic N) is 1. The van der Waals surface area contributed by atoms with Gasteiger partial charge in [-0.3, -0.25) is 4.90 Å². The van der Waals surface area contributed by atoms with E-state index in [-0.39, 0.29) is 12.4 Å². The molecule has 1 saturated carbocycles. The molecular formula is C15H18FNO. The molecule has 0 unspecified atom stereocenters. The Bertz CT molecular complexity index is 471. The lowest BCUT2D eigenvalue weighted by atomic mass is 9.91. The lowest BCUT2D eigenvalue weighted by molar-refractivity contribution is 0.152. The number of halogens is 1. The summed E-state index contributed by atoms with van der Waals surface area (Å²) in [6.45, 7) is 0.578. The van der Waals surface area contributed by atoms with Crippen molar-refractivity contribution in [1.82, 2.24) is 4.90 Å². The largest absolute Gasteiger partial charge is 0.384 e. The lowest BCUT2D eigenvalue weighted by Crippen LogP contribution is -2.36. The van der Waals surface area contributed by atoms with Crippen molar-refractivity contribution in [3.8, 4) is 11.8 Å². The molecule has 1 aromatic carbocycles. The van der Waals surface area contributed by atoms with Gasteiger partial charge in [0.15, 0.2) is 0 Å². The van der Waals surface area contributed by atoms with Crippen molar-refractivity contribution < 1.29 is 9.50 Å². The molecule has 0 atom stereocenters. The fraction of sp³-hybridized carbons (Fsp3) is 0.467. The van der Waals surface area contributed by atoms with Crippen LogP contribution in [0.25, 0.3) is 0 Å². The highest BCUT2D eigenvalue weighted by atomic mass is 19.1. The average molecular weight is 247 g/mol. The molecule has 18 heavy (non-hydrogen) atoms. The summed E-state index contributed by atoms with van der Waals surface area (Å²) in [5.74, 6) is 5.12. The number of hydrogen-bond donors (Lipinski definition) is 1. The normalized spacial score (nSPS) is 15.1. The van der Waals surface area contributed by atoms with Crippen LogP contribution in [0.15, 0.2) is 18.2 Å². The molecule has 96 valence electrons. The zero-order valence-corrected chi connectivity index (χ0v) is 10.6. The van der Waals surface area contributed by atoms with Gasteiger partial charge in [-0.05, 0) is 37.6 Å². The molecular weight excluding hydrogens is 229 g/mol. The highest BCUT2D eigenvalue weighted by Gasteiger charge is 2.22. The van der Waals surface area contributed by atoms with Crippen LogP contribution >= 0.6 is 0 Å². The summed E-state index contributed by atoms with van der Waals surface area (Å²) in [4.78, 5) is 2.29. The maximum atomic E-state index is 13.2. The predicted octanol–water partition coefficient (Wildman–Crippen LogP) is 2.15. The monoisotopic (exact) mass is 247 g/mol. The van der Waals surface area contributed by atoms with Gasteiger partial charge in [0.25, 0.3) is 0 Å². The Morgan fingerprint density at radius 3 is 2.83 bits per heavy atom. The maximum absolute atomic E-state index is 13.2. The minimum Gasteiger partial charge on any atom is -0.384 e. The van der Waals surface area contributed by atoms with Crippen molar-refractivity contribution in [2.75, 3.05) is 13.7 Å². The standard InChI is InChI=1S/C15H18FNO/c1-17(15-5-2-6-15)11-13-7-8-14(16)10-12(13)4-3-9-18/h7-8,10,15,18H,2,5-6,9,11H2,1H3. The molecule has 1 aliphatic rings. The molecule has 0 radical (unpaired) electrons. The van der Waals surface area contributed by atoms with Crippen LogP contribution in [-0.4, -0.2) is 29.7 Å². The molecule has 1 aromatic rings. The Morgan fingerprint density at radius 2 is 2.22 bits per heavy atom. The minimum absolute atomic E-state index is 0.200. The third-order valence-corrected chi connectivity index (χ3v) is 3.49. The van der Waals surface area contributed by atoms with Gasteiger partial charge >= 0.3 is 0 Å². The lowest BCUT2D eigenvalue weighted by Gasteiger charge is -2.34. The summed E-state index contributed by atoms with van der Waals surface area (Å²) in [5, 5.41) is 8.73. The molecule has 1 aliphatic carbocycles. The second kappa shape index (κ2) is 5.99. The van der Waals surface area contributed by atoms with Crippen LogP contribution in [0.5, 0.6) is 0 Å². The third kappa shape index (κ3) is 3.10. The number of aliphatic hydroxyl groups is 1. The first kappa shape index (κ1) is 13.1. The van der Waals surface area contributed by atoms with Gasteiger partial charge < -0.3 is 5.11 Å². The Balaban J connectivity index is 2.15. The Hall–Kier alpha value is -1.37. The maximum Gasteiger partial charge on any atom is 0.124 e. The first-order valence-electron chi connectivity index (χ1n) is 6.29. The molecule has 0 spiro atoms. The zero-order chi connectivity index (χ0) is 13.0. The third-order valence-electron chi connectivity index (χ3n) is 3.49. The predicted molar refractivity (Wildman–Crippen MR) is 69.5 cm³/mol. The number of benzene rings is 1. The van der Waals surface area contributed by atoms with E-state index in [1.807, 2.05) is 0 Å². The van der Waals surface area contributed by atoms with Gasteiger partial charge in [0.05, 0.1) is 0 Å². The summed E-state index contributed by atoms with van der Waals surface area (Å²) >= 11 is 0. The van der Waals surface area contributed by atoms with Crippen molar-refractivity contribution in [3.63, 3.8) is 0 Å². The number of hydrogen-bond acceptors (Lipinski definition) is 2. The van der Waals surface area contributed by atoms with Gasteiger partial charge in [0.2, 0.25) is 0 Å². The van der Waals surface area contributed by atoms with Crippen LogP contribution in [0.1, 0.15) is 30.4 Å². The first-order valence-corrected chi connectivity index (χ1v) is 6.29. The zero-order valence-electron chi connectivity index (χ0n) is 10.6. The molecule has 2 nitrogen and oxygen atoms in total. The van der Waals surface area contributed by atoms with Gasteiger partial charge in [0, 0.05) is 18.2 Å². The second-order valence-corrected chi connectivity index (χ2v) is 4.76. The summed E-state index contributed by atoms with van der Waals surface area (Å²) < 4.78 is 13.2. The fourth-order valence-electron chi connectivity index (χ4n) is 2.16. The van der Waals surface area contributed by atoms with E-state index >= 15 is 0 Å². The molecule has 0 amide bonds. The summed E-state index contributed by atoms with van der Waals surface area (Å²) in [7, 11) is 2.09. The first-order chi connectivity index (χ1) is 8.70. The number of aliphatic hydroxyl groups excluding tert-OH is 1. The smallest absolute Gasteiger partial charge is 0.124 e. The van der Waals surface area contributed by atoms with E-state index < -0.39 is 0 Å². The Kier molecular flexibility index (Phi) is 4.35. The van der Waals surface area contributed by atoms with Crippen molar-refractivity contribution in [2.24, 2.45) is 0 Å². The van der Waals surface area contributed by atoms with E-state index in [0.29, 0.717) is 11.6 Å². The van der Waals surface area contributed by atoms with Crippen LogP contribution < -0.4 is 0 Å². The van der Waals surface area contributed by atoms with Crippen LogP contribution in [0.3, 0.4) is 0 Å². The van der Waals surface area contributed by atoms with E-state index in [1.165, 1.54) is 31.4 Å². The van der Waals surface area contributed by atoms with E-state index in [2.05, 4.69) is 23.8 Å². The van der Waals surface area contributed by atoms with Crippen LogP contribution in [0.2, 0.25) is 0 Å². The molecule has 0 bridgehead atoms. The summed E-state index contributed by atoms with van der Waals surface area (Å²) in [5.41, 5.74) is 1.70. The Labute approximate surface area is 107 Å². The quantitative estimate of drug-likeness (QED) is 0.827. The number of rotatable bonds is 3. The second-order valence-electron chi connectivity index (χ2n) is 4.76. The molecule has 0 heterocycles. The SMILES string of the molecule is CN(Cc1ccc(F)cc1C#CCO)C1CCC1. The van der Waals surface area contributed by atoms with Crippen molar-refractivity contribution >= 4 is 0 Å². The van der Waals surface area contributed by atoms with Crippen molar-refractivity contribution in [3.05, 3.63) is 35.1 Å². The van der Waals surface area contributed by atoms with Crippen molar-refractivity contribution in [1.29, 1.82) is 0 Å². The molecule has 0 saturated heterocycles.